The Kier molecular flexibility index (Phi) is 4.20. The van der Waals surface area contributed by atoms with Crippen LogP contribution in [0.3, 0.4) is 0 Å². The molecule has 18 heavy (non-hydrogen) atoms. The lowest BCUT2D eigenvalue weighted by molar-refractivity contribution is -0.183. The third kappa shape index (κ3) is 3.17. The summed E-state index contributed by atoms with van der Waals surface area (Å²) in [6, 6.07) is 1.77. The van der Waals surface area contributed by atoms with Crippen molar-refractivity contribution < 1.29 is 18.0 Å². The van der Waals surface area contributed by atoms with Gasteiger partial charge in [0.15, 0.2) is 0 Å². The van der Waals surface area contributed by atoms with Gasteiger partial charge >= 0.3 is 6.18 Å². The molecule has 0 spiro atoms. The molecule has 0 radical (unpaired) electrons. The first-order valence-corrected chi connectivity index (χ1v) is 7.44. The van der Waals surface area contributed by atoms with E-state index in [2.05, 4.69) is 22.6 Å². The quantitative estimate of drug-likeness (QED) is 0.670. The highest BCUT2D eigenvalue weighted by Gasteiger charge is 2.41. The van der Waals surface area contributed by atoms with E-state index >= 15 is 0 Å². The van der Waals surface area contributed by atoms with Gasteiger partial charge in [-0.15, -0.1) is 11.3 Å². The molecular formula is C11H11F3INOS. The molecule has 2 nitrogen and oxygen atoms in total. The Morgan fingerprint density at radius 3 is 2.44 bits per heavy atom. The third-order valence-corrected chi connectivity index (χ3v) is 4.85. The molecule has 2 rings (SSSR count). The SMILES string of the molecule is O=C(c1csc(I)c1)N1CCC(C(F)(F)F)CC1. The zero-order valence-corrected chi connectivity index (χ0v) is 12.3. The Morgan fingerprint density at radius 2 is 2.00 bits per heavy atom. The van der Waals surface area contributed by atoms with Crippen molar-refractivity contribution in [3.63, 3.8) is 0 Å². The maximum atomic E-state index is 12.5. The molecule has 0 saturated carbocycles. The van der Waals surface area contributed by atoms with E-state index in [1.807, 2.05) is 0 Å². The highest BCUT2D eigenvalue weighted by molar-refractivity contribution is 14.1. The van der Waals surface area contributed by atoms with Crippen molar-refractivity contribution in [3.05, 3.63) is 19.9 Å². The van der Waals surface area contributed by atoms with Crippen LogP contribution in [0.4, 0.5) is 13.2 Å². The highest BCUT2D eigenvalue weighted by Crippen LogP contribution is 2.34. The minimum Gasteiger partial charge on any atom is -0.339 e. The zero-order chi connectivity index (χ0) is 13.3. The molecule has 1 fully saturated rings. The minimum absolute atomic E-state index is 0.0104. The Morgan fingerprint density at radius 1 is 1.39 bits per heavy atom. The van der Waals surface area contributed by atoms with Crippen LogP contribution in [0.5, 0.6) is 0 Å². The average molecular weight is 389 g/mol. The van der Waals surface area contributed by atoms with Crippen molar-refractivity contribution in [2.45, 2.75) is 19.0 Å². The lowest BCUT2D eigenvalue weighted by atomic mass is 9.96. The zero-order valence-electron chi connectivity index (χ0n) is 9.34. The summed E-state index contributed by atoms with van der Waals surface area (Å²) in [5.74, 6) is -1.42. The third-order valence-electron chi connectivity index (χ3n) is 3.06. The summed E-state index contributed by atoms with van der Waals surface area (Å²) in [6.45, 7) is 0.380. The maximum Gasteiger partial charge on any atom is 0.391 e. The molecule has 2 heterocycles. The van der Waals surface area contributed by atoms with Crippen molar-refractivity contribution >= 4 is 39.8 Å². The second-order valence-corrected chi connectivity index (χ2v) is 7.05. The molecule has 0 unspecified atom stereocenters. The van der Waals surface area contributed by atoms with Gasteiger partial charge in [-0.3, -0.25) is 4.79 Å². The molecule has 1 saturated heterocycles. The lowest BCUT2D eigenvalue weighted by Gasteiger charge is -2.32. The van der Waals surface area contributed by atoms with Crippen LogP contribution in [0, 0.1) is 8.80 Å². The summed E-state index contributed by atoms with van der Waals surface area (Å²) in [7, 11) is 0. The van der Waals surface area contributed by atoms with E-state index in [9.17, 15) is 18.0 Å². The molecule has 0 N–H and O–H groups in total. The number of amides is 1. The van der Waals surface area contributed by atoms with Crippen LogP contribution in [0.1, 0.15) is 23.2 Å². The Labute approximate surface area is 120 Å². The Hall–Kier alpha value is -0.310. The van der Waals surface area contributed by atoms with Crippen molar-refractivity contribution in [1.29, 1.82) is 0 Å². The number of likely N-dealkylation sites (tertiary alicyclic amines) is 1. The topological polar surface area (TPSA) is 20.3 Å². The number of piperidine rings is 1. The van der Waals surface area contributed by atoms with Crippen LogP contribution in [-0.4, -0.2) is 30.1 Å². The van der Waals surface area contributed by atoms with Gasteiger partial charge in [0.25, 0.3) is 5.91 Å². The predicted molar refractivity (Wildman–Crippen MR) is 71.7 cm³/mol. The van der Waals surface area contributed by atoms with Gasteiger partial charge in [-0.2, -0.15) is 13.2 Å². The number of carbonyl (C=O) groups is 1. The van der Waals surface area contributed by atoms with Crippen LogP contribution in [-0.2, 0) is 0 Å². The van der Waals surface area contributed by atoms with Gasteiger partial charge in [0.1, 0.15) is 0 Å². The van der Waals surface area contributed by atoms with Crippen LogP contribution in [0.2, 0.25) is 0 Å². The van der Waals surface area contributed by atoms with Gasteiger partial charge < -0.3 is 4.90 Å². The van der Waals surface area contributed by atoms with Crippen LogP contribution in [0.25, 0.3) is 0 Å². The summed E-state index contributed by atoms with van der Waals surface area (Å²) in [5, 5.41) is 1.75. The summed E-state index contributed by atoms with van der Waals surface area (Å²) < 4.78 is 38.5. The highest BCUT2D eigenvalue weighted by atomic mass is 127. The van der Waals surface area contributed by atoms with E-state index in [-0.39, 0.29) is 31.8 Å². The number of carbonyl (C=O) groups excluding carboxylic acids is 1. The van der Waals surface area contributed by atoms with Crippen molar-refractivity contribution in [2.24, 2.45) is 5.92 Å². The molecule has 0 bridgehead atoms. The molecule has 0 aromatic carbocycles. The summed E-state index contributed by atoms with van der Waals surface area (Å²) in [4.78, 5) is 13.5. The van der Waals surface area contributed by atoms with E-state index in [1.165, 1.54) is 16.2 Å². The first kappa shape index (κ1) is 14.1. The number of hydrogen-bond acceptors (Lipinski definition) is 2. The summed E-state index contributed by atoms with van der Waals surface area (Å²) in [6.07, 6.45) is -4.11. The Balaban J connectivity index is 1.96. The fraction of sp³-hybridized carbons (Fsp3) is 0.545. The number of rotatable bonds is 1. The van der Waals surface area contributed by atoms with Crippen LogP contribution >= 0.6 is 33.9 Å². The van der Waals surface area contributed by atoms with Gasteiger partial charge in [-0.05, 0) is 41.5 Å². The molecule has 0 atom stereocenters. The number of thiophene rings is 1. The standard InChI is InChI=1S/C11H11F3INOS/c12-11(13,14)8-1-3-16(4-2-8)10(17)7-5-9(15)18-6-7/h5-6,8H,1-4H2. The molecule has 1 aromatic rings. The minimum atomic E-state index is -4.13. The summed E-state index contributed by atoms with van der Waals surface area (Å²) in [5.41, 5.74) is 0.579. The van der Waals surface area contributed by atoms with E-state index in [0.717, 1.165) is 2.88 Å². The second kappa shape index (κ2) is 5.36. The molecule has 1 aromatic heterocycles. The van der Waals surface area contributed by atoms with Gasteiger partial charge in [0, 0.05) is 18.5 Å². The van der Waals surface area contributed by atoms with Gasteiger partial charge in [0.2, 0.25) is 0 Å². The predicted octanol–water partition coefficient (Wildman–Crippen LogP) is 3.77. The largest absolute Gasteiger partial charge is 0.391 e. The smallest absolute Gasteiger partial charge is 0.339 e. The first-order valence-electron chi connectivity index (χ1n) is 5.48. The monoisotopic (exact) mass is 389 g/mol. The molecule has 0 aliphatic carbocycles. The van der Waals surface area contributed by atoms with Crippen molar-refractivity contribution in [1.82, 2.24) is 4.90 Å². The summed E-state index contributed by atoms with van der Waals surface area (Å²) >= 11 is 3.58. The molecule has 1 aliphatic rings. The second-order valence-electron chi connectivity index (χ2n) is 4.25. The van der Waals surface area contributed by atoms with E-state index in [0.29, 0.717) is 5.56 Å². The van der Waals surface area contributed by atoms with Crippen molar-refractivity contribution in [2.75, 3.05) is 13.1 Å². The number of nitrogens with zero attached hydrogens (tertiary/aromatic N) is 1. The fourth-order valence-corrected chi connectivity index (χ4v) is 3.34. The lowest BCUT2D eigenvalue weighted by Crippen LogP contribution is -2.42. The normalized spacial score (nSPS) is 18.1. The molecule has 100 valence electrons. The van der Waals surface area contributed by atoms with Gasteiger partial charge in [-0.25, -0.2) is 0 Å². The van der Waals surface area contributed by atoms with Gasteiger partial charge in [-0.1, -0.05) is 0 Å². The fourth-order valence-electron chi connectivity index (χ4n) is 2.01. The van der Waals surface area contributed by atoms with Gasteiger partial charge in [0.05, 0.1) is 14.4 Å². The van der Waals surface area contributed by atoms with E-state index in [1.54, 1.807) is 11.4 Å². The molecule has 1 aliphatic heterocycles. The molecule has 1 amide bonds. The van der Waals surface area contributed by atoms with Crippen molar-refractivity contribution in [3.8, 4) is 0 Å². The first-order chi connectivity index (χ1) is 8.38. The average Bonchev–Trinajstić information content (AvgIpc) is 2.74. The maximum absolute atomic E-state index is 12.5. The Bertz CT molecular complexity index is 438. The van der Waals surface area contributed by atoms with E-state index in [4.69, 9.17) is 0 Å². The number of halogens is 4. The van der Waals surface area contributed by atoms with Crippen LogP contribution in [0.15, 0.2) is 11.4 Å². The van der Waals surface area contributed by atoms with Crippen LogP contribution < -0.4 is 0 Å². The van der Waals surface area contributed by atoms with E-state index < -0.39 is 12.1 Å². The molecule has 7 heteroatoms. The number of alkyl halides is 3. The number of hydrogen-bond donors (Lipinski definition) is 0. The molecular weight excluding hydrogens is 378 g/mol.